The van der Waals surface area contributed by atoms with Crippen molar-refractivity contribution in [2.24, 2.45) is 5.73 Å². The maximum Gasteiger partial charge on any atom is 0.200 e. The van der Waals surface area contributed by atoms with E-state index in [9.17, 15) is 0 Å². The molecule has 1 aliphatic rings. The molecule has 0 amide bonds. The van der Waals surface area contributed by atoms with Crippen LogP contribution in [0.15, 0.2) is 12.1 Å². The molecule has 0 aromatic carbocycles. The zero-order chi connectivity index (χ0) is 12.5. The Morgan fingerprint density at radius 2 is 2.28 bits per heavy atom. The van der Waals surface area contributed by atoms with Crippen molar-refractivity contribution in [3.8, 4) is 0 Å². The van der Waals surface area contributed by atoms with Crippen LogP contribution in [-0.4, -0.2) is 43.9 Å². The number of tetrazole rings is 1. The highest BCUT2D eigenvalue weighted by Crippen LogP contribution is 2.24. The number of nitrogens with two attached hydrogens (primary N) is 1. The van der Waals surface area contributed by atoms with Crippen LogP contribution in [0.2, 0.25) is 0 Å². The molecule has 2 aromatic heterocycles. The van der Waals surface area contributed by atoms with Gasteiger partial charge in [-0.3, -0.25) is 0 Å². The molecule has 2 unspecified atom stereocenters. The first-order valence-corrected chi connectivity index (χ1v) is 6.33. The zero-order valence-electron chi connectivity index (χ0n) is 10.4. The molecule has 2 N–H and O–H groups in total. The number of rotatable bonds is 2. The normalized spacial score (nSPS) is 22.3. The van der Waals surface area contributed by atoms with Gasteiger partial charge in [0.25, 0.3) is 0 Å². The number of anilines is 1. The van der Waals surface area contributed by atoms with Crippen LogP contribution in [-0.2, 0) is 0 Å². The van der Waals surface area contributed by atoms with Crippen LogP contribution in [0.5, 0.6) is 0 Å². The van der Waals surface area contributed by atoms with E-state index >= 15 is 0 Å². The van der Waals surface area contributed by atoms with Crippen LogP contribution in [0, 0.1) is 0 Å². The Kier molecular flexibility index (Phi) is 2.83. The van der Waals surface area contributed by atoms with Crippen molar-refractivity contribution in [2.45, 2.75) is 38.3 Å². The predicted octanol–water partition coefficient (Wildman–Crippen LogP) is 0.225. The second-order valence-electron chi connectivity index (χ2n) is 4.83. The van der Waals surface area contributed by atoms with E-state index in [0.29, 0.717) is 11.7 Å². The van der Waals surface area contributed by atoms with Crippen LogP contribution < -0.4 is 10.6 Å². The van der Waals surface area contributed by atoms with Crippen LogP contribution in [0.25, 0.3) is 5.65 Å². The second kappa shape index (κ2) is 4.49. The van der Waals surface area contributed by atoms with Gasteiger partial charge in [0.2, 0.25) is 0 Å². The number of hydrogen-bond donors (Lipinski definition) is 1. The molecular formula is C11H17N7. The first kappa shape index (κ1) is 11.3. The summed E-state index contributed by atoms with van der Waals surface area (Å²) in [6.45, 7) is 3.05. The van der Waals surface area contributed by atoms with Crippen LogP contribution in [0.4, 0.5) is 5.82 Å². The van der Waals surface area contributed by atoms with Gasteiger partial charge < -0.3 is 10.6 Å². The molecule has 7 nitrogen and oxygen atoms in total. The van der Waals surface area contributed by atoms with Gasteiger partial charge >= 0.3 is 0 Å². The molecule has 3 rings (SSSR count). The molecule has 0 bridgehead atoms. The summed E-state index contributed by atoms with van der Waals surface area (Å²) in [5.41, 5.74) is 6.73. The van der Waals surface area contributed by atoms with E-state index in [-0.39, 0.29) is 6.04 Å². The fourth-order valence-electron chi connectivity index (χ4n) is 2.58. The Hall–Kier alpha value is -1.76. The molecule has 2 aromatic rings. The molecule has 0 radical (unpaired) electrons. The van der Waals surface area contributed by atoms with E-state index in [0.717, 1.165) is 18.8 Å². The monoisotopic (exact) mass is 247 g/mol. The van der Waals surface area contributed by atoms with E-state index in [1.165, 1.54) is 17.5 Å². The van der Waals surface area contributed by atoms with Gasteiger partial charge in [0, 0.05) is 18.6 Å². The number of fused-ring (bicyclic) bond motifs is 1. The van der Waals surface area contributed by atoms with Gasteiger partial charge in [-0.05, 0) is 48.7 Å². The maximum atomic E-state index is 6.07. The Morgan fingerprint density at radius 1 is 1.39 bits per heavy atom. The van der Waals surface area contributed by atoms with Gasteiger partial charge in [-0.2, -0.15) is 0 Å². The average molecular weight is 247 g/mol. The fourth-order valence-corrected chi connectivity index (χ4v) is 2.58. The molecule has 0 saturated carbocycles. The number of nitrogens with zero attached hydrogens (tertiary/aromatic N) is 6. The van der Waals surface area contributed by atoms with E-state index in [2.05, 4.69) is 32.4 Å². The summed E-state index contributed by atoms with van der Waals surface area (Å²) < 4.78 is 1.46. The van der Waals surface area contributed by atoms with Gasteiger partial charge in [-0.25, -0.2) is 0 Å². The van der Waals surface area contributed by atoms with E-state index in [1.807, 2.05) is 12.1 Å². The Labute approximate surface area is 105 Å². The second-order valence-corrected chi connectivity index (χ2v) is 4.83. The zero-order valence-corrected chi connectivity index (χ0v) is 10.4. The lowest BCUT2D eigenvalue weighted by Crippen LogP contribution is -2.49. The van der Waals surface area contributed by atoms with Crippen molar-refractivity contribution >= 4 is 11.5 Å². The quantitative estimate of drug-likeness (QED) is 0.817. The van der Waals surface area contributed by atoms with Crippen molar-refractivity contribution in [2.75, 3.05) is 11.4 Å². The minimum absolute atomic E-state index is 0.136. The van der Waals surface area contributed by atoms with Crippen LogP contribution in [0.1, 0.15) is 26.2 Å². The standard InChI is InChI=1S/C11H17N7/c1-8(12)9-4-2-3-7-17(9)11-6-5-10-13-15-16-18(10)14-11/h5-6,8-9H,2-4,7,12H2,1H3. The Bertz CT molecular complexity index is 535. The van der Waals surface area contributed by atoms with Gasteiger partial charge in [-0.15, -0.1) is 14.8 Å². The largest absolute Gasteiger partial charge is 0.351 e. The van der Waals surface area contributed by atoms with E-state index in [4.69, 9.17) is 5.73 Å². The summed E-state index contributed by atoms with van der Waals surface area (Å²) in [7, 11) is 0. The van der Waals surface area contributed by atoms with Crippen molar-refractivity contribution in [3.05, 3.63) is 12.1 Å². The highest BCUT2D eigenvalue weighted by Gasteiger charge is 2.26. The highest BCUT2D eigenvalue weighted by molar-refractivity contribution is 5.45. The van der Waals surface area contributed by atoms with Crippen molar-refractivity contribution < 1.29 is 0 Å². The summed E-state index contributed by atoms with van der Waals surface area (Å²) in [4.78, 5) is 2.27. The topological polar surface area (TPSA) is 85.2 Å². The third-order valence-electron chi connectivity index (χ3n) is 3.51. The van der Waals surface area contributed by atoms with Crippen molar-refractivity contribution in [3.63, 3.8) is 0 Å². The minimum Gasteiger partial charge on any atom is -0.351 e. The SMILES string of the molecule is CC(N)C1CCCCN1c1ccc2nnnn2n1. The molecular weight excluding hydrogens is 230 g/mol. The molecule has 96 valence electrons. The third kappa shape index (κ3) is 1.90. The lowest BCUT2D eigenvalue weighted by molar-refractivity contribution is 0.409. The maximum absolute atomic E-state index is 6.07. The van der Waals surface area contributed by atoms with E-state index in [1.54, 1.807) is 0 Å². The number of aromatic nitrogens is 5. The van der Waals surface area contributed by atoms with Gasteiger partial charge in [-0.1, -0.05) is 0 Å². The van der Waals surface area contributed by atoms with E-state index < -0.39 is 0 Å². The summed E-state index contributed by atoms with van der Waals surface area (Å²) in [6.07, 6.45) is 3.53. The lowest BCUT2D eigenvalue weighted by Gasteiger charge is -2.38. The first-order valence-electron chi connectivity index (χ1n) is 6.33. The predicted molar refractivity (Wildman–Crippen MR) is 67.2 cm³/mol. The highest BCUT2D eigenvalue weighted by atomic mass is 15.6. The molecule has 1 fully saturated rings. The lowest BCUT2D eigenvalue weighted by atomic mass is 9.97. The van der Waals surface area contributed by atoms with Crippen LogP contribution in [0.3, 0.4) is 0 Å². The summed E-state index contributed by atoms with van der Waals surface area (Å²) in [6, 6.07) is 4.33. The molecule has 2 atom stereocenters. The Balaban J connectivity index is 1.95. The van der Waals surface area contributed by atoms with Crippen LogP contribution >= 0.6 is 0 Å². The summed E-state index contributed by atoms with van der Waals surface area (Å²) in [5, 5.41) is 15.7. The molecule has 0 aliphatic carbocycles. The number of piperidine rings is 1. The average Bonchev–Trinajstić information content (AvgIpc) is 2.85. The Morgan fingerprint density at radius 3 is 3.11 bits per heavy atom. The van der Waals surface area contributed by atoms with Gasteiger partial charge in [0.15, 0.2) is 11.5 Å². The molecule has 1 aliphatic heterocycles. The van der Waals surface area contributed by atoms with Crippen molar-refractivity contribution in [1.29, 1.82) is 0 Å². The number of hydrogen-bond acceptors (Lipinski definition) is 6. The molecule has 7 heteroatoms. The molecule has 0 spiro atoms. The first-order chi connectivity index (χ1) is 8.75. The van der Waals surface area contributed by atoms with Gasteiger partial charge in [0.05, 0.1) is 0 Å². The smallest absolute Gasteiger partial charge is 0.200 e. The minimum atomic E-state index is 0.136. The van der Waals surface area contributed by atoms with Gasteiger partial charge in [0.1, 0.15) is 0 Å². The third-order valence-corrected chi connectivity index (χ3v) is 3.51. The molecule has 1 saturated heterocycles. The summed E-state index contributed by atoms with van der Waals surface area (Å²) in [5.74, 6) is 0.900. The molecule has 3 heterocycles. The summed E-state index contributed by atoms with van der Waals surface area (Å²) >= 11 is 0. The van der Waals surface area contributed by atoms with Crippen molar-refractivity contribution in [1.82, 2.24) is 25.3 Å². The fraction of sp³-hybridized carbons (Fsp3) is 0.636. The molecule has 18 heavy (non-hydrogen) atoms.